The van der Waals surface area contributed by atoms with Crippen molar-refractivity contribution in [3.63, 3.8) is 0 Å². The van der Waals surface area contributed by atoms with Crippen LogP contribution in [0.15, 0.2) is 22.7 Å². The molecule has 1 aromatic heterocycles. The van der Waals surface area contributed by atoms with Crippen molar-refractivity contribution in [3.05, 3.63) is 35.2 Å². The molecule has 114 valence electrons. The number of nitrogens with zero attached hydrogens (tertiary/aromatic N) is 2. The first-order valence-corrected chi connectivity index (χ1v) is 7.23. The van der Waals surface area contributed by atoms with E-state index in [0.717, 1.165) is 23.1 Å². The molecule has 0 fully saturated rings. The molecule has 1 heterocycles. The zero-order valence-corrected chi connectivity index (χ0v) is 13.1. The minimum atomic E-state index is -0.756. The summed E-state index contributed by atoms with van der Waals surface area (Å²) in [5.41, 5.74) is 8.66. The molecular formula is C16H23N3O2. The molecule has 2 aromatic rings. The first-order valence-electron chi connectivity index (χ1n) is 7.23. The lowest BCUT2D eigenvalue weighted by Gasteiger charge is -2.19. The molecule has 2 rings (SSSR count). The summed E-state index contributed by atoms with van der Waals surface area (Å²) < 4.78 is 10.9. The van der Waals surface area contributed by atoms with Gasteiger partial charge in [-0.15, -0.1) is 0 Å². The van der Waals surface area contributed by atoms with Gasteiger partial charge in [-0.3, -0.25) is 0 Å². The third-order valence-corrected chi connectivity index (χ3v) is 3.38. The van der Waals surface area contributed by atoms with Gasteiger partial charge < -0.3 is 15.0 Å². The molecule has 21 heavy (non-hydrogen) atoms. The quantitative estimate of drug-likeness (QED) is 0.828. The monoisotopic (exact) mass is 289 g/mol. The van der Waals surface area contributed by atoms with Crippen LogP contribution in [-0.4, -0.2) is 23.4 Å². The largest absolute Gasteiger partial charge is 0.379 e. The van der Waals surface area contributed by atoms with Crippen molar-refractivity contribution < 1.29 is 9.26 Å². The average molecular weight is 289 g/mol. The summed E-state index contributed by atoms with van der Waals surface area (Å²) in [6.07, 6.45) is 0.954. The molecule has 0 aliphatic carbocycles. The van der Waals surface area contributed by atoms with Crippen LogP contribution in [0.2, 0.25) is 0 Å². The fourth-order valence-electron chi connectivity index (χ4n) is 2.20. The van der Waals surface area contributed by atoms with Crippen LogP contribution in [0.25, 0.3) is 11.5 Å². The van der Waals surface area contributed by atoms with Gasteiger partial charge in [0.25, 0.3) is 5.89 Å². The van der Waals surface area contributed by atoms with Crippen LogP contribution in [0.1, 0.15) is 37.2 Å². The summed E-state index contributed by atoms with van der Waals surface area (Å²) in [5.74, 6) is 0.976. The minimum absolute atomic E-state index is 0.368. The van der Waals surface area contributed by atoms with Crippen LogP contribution >= 0.6 is 0 Å². The smallest absolute Gasteiger partial charge is 0.258 e. The molecule has 1 unspecified atom stereocenters. The lowest BCUT2D eigenvalue weighted by atomic mass is 10.0. The molecule has 0 amide bonds. The Balaban J connectivity index is 2.25. The highest BCUT2D eigenvalue weighted by atomic mass is 16.5. The Labute approximate surface area is 125 Å². The van der Waals surface area contributed by atoms with Gasteiger partial charge in [0.2, 0.25) is 0 Å². The summed E-state index contributed by atoms with van der Waals surface area (Å²) in [6.45, 7) is 9.00. The Bertz CT molecular complexity index is 585. The second-order valence-corrected chi connectivity index (χ2v) is 5.66. The summed E-state index contributed by atoms with van der Waals surface area (Å²) >= 11 is 0. The zero-order valence-electron chi connectivity index (χ0n) is 13.1. The molecular weight excluding hydrogens is 266 g/mol. The van der Waals surface area contributed by atoms with E-state index in [0.29, 0.717) is 24.9 Å². The molecule has 5 nitrogen and oxygen atoms in total. The SMILES string of the molecule is CCCOCC(C)(N)c1noc(-c2c(C)cccc2C)n1. The Hall–Kier alpha value is -1.72. The molecule has 0 radical (unpaired) electrons. The van der Waals surface area contributed by atoms with Crippen LogP contribution < -0.4 is 5.73 Å². The van der Waals surface area contributed by atoms with E-state index in [2.05, 4.69) is 17.1 Å². The highest BCUT2D eigenvalue weighted by molar-refractivity contribution is 5.62. The Morgan fingerprint density at radius 2 is 1.95 bits per heavy atom. The Morgan fingerprint density at radius 3 is 2.57 bits per heavy atom. The van der Waals surface area contributed by atoms with Crippen molar-refractivity contribution in [3.8, 4) is 11.5 Å². The second kappa shape index (κ2) is 6.37. The summed E-state index contributed by atoms with van der Waals surface area (Å²) in [5, 5.41) is 4.03. The predicted octanol–water partition coefficient (Wildman–Crippen LogP) is 2.95. The van der Waals surface area contributed by atoms with E-state index in [1.54, 1.807) is 0 Å². The van der Waals surface area contributed by atoms with E-state index in [4.69, 9.17) is 15.0 Å². The maximum atomic E-state index is 6.24. The second-order valence-electron chi connectivity index (χ2n) is 5.66. The first kappa shape index (κ1) is 15.7. The van der Waals surface area contributed by atoms with Gasteiger partial charge in [-0.2, -0.15) is 4.98 Å². The number of hydrogen-bond donors (Lipinski definition) is 1. The van der Waals surface area contributed by atoms with Crippen LogP contribution in [0.4, 0.5) is 0 Å². The van der Waals surface area contributed by atoms with E-state index in [1.165, 1.54) is 0 Å². The average Bonchev–Trinajstić information content (AvgIpc) is 2.89. The fourth-order valence-corrected chi connectivity index (χ4v) is 2.20. The third-order valence-electron chi connectivity index (χ3n) is 3.38. The van der Waals surface area contributed by atoms with E-state index >= 15 is 0 Å². The molecule has 0 aliphatic heterocycles. The molecule has 0 saturated heterocycles. The molecule has 0 saturated carbocycles. The molecule has 0 aliphatic rings. The zero-order chi connectivity index (χ0) is 15.5. The van der Waals surface area contributed by atoms with Crippen LogP contribution in [0, 0.1) is 13.8 Å². The van der Waals surface area contributed by atoms with Crippen LogP contribution in [0.5, 0.6) is 0 Å². The van der Waals surface area contributed by atoms with E-state index < -0.39 is 5.54 Å². The lowest BCUT2D eigenvalue weighted by molar-refractivity contribution is 0.0867. The van der Waals surface area contributed by atoms with Gasteiger partial charge in [-0.25, -0.2) is 0 Å². The maximum absolute atomic E-state index is 6.24. The number of hydrogen-bond acceptors (Lipinski definition) is 5. The van der Waals surface area contributed by atoms with Gasteiger partial charge in [-0.1, -0.05) is 30.3 Å². The van der Waals surface area contributed by atoms with E-state index in [-0.39, 0.29) is 0 Å². The Morgan fingerprint density at radius 1 is 1.29 bits per heavy atom. The van der Waals surface area contributed by atoms with E-state index in [9.17, 15) is 0 Å². The number of ether oxygens (including phenoxy) is 1. The van der Waals surface area contributed by atoms with Gasteiger partial charge in [0.15, 0.2) is 5.82 Å². The van der Waals surface area contributed by atoms with Crippen molar-refractivity contribution >= 4 is 0 Å². The van der Waals surface area contributed by atoms with Gasteiger partial charge in [0.1, 0.15) is 5.54 Å². The topological polar surface area (TPSA) is 74.2 Å². The maximum Gasteiger partial charge on any atom is 0.258 e. The highest BCUT2D eigenvalue weighted by Crippen LogP contribution is 2.27. The number of nitrogens with two attached hydrogens (primary N) is 1. The fraction of sp³-hybridized carbons (Fsp3) is 0.500. The number of aromatic nitrogens is 2. The molecule has 1 atom stereocenters. The summed E-state index contributed by atoms with van der Waals surface area (Å²) in [6, 6.07) is 6.06. The third kappa shape index (κ3) is 3.49. The molecule has 1 aromatic carbocycles. The normalized spacial score (nSPS) is 14.1. The molecule has 0 bridgehead atoms. The van der Waals surface area contributed by atoms with Gasteiger partial charge in [0, 0.05) is 12.2 Å². The number of rotatable bonds is 6. The van der Waals surface area contributed by atoms with Gasteiger partial charge in [-0.05, 0) is 38.3 Å². The molecule has 0 spiro atoms. The van der Waals surface area contributed by atoms with Crippen molar-refractivity contribution in [2.75, 3.05) is 13.2 Å². The van der Waals surface area contributed by atoms with E-state index in [1.807, 2.05) is 39.0 Å². The Kier molecular flexibility index (Phi) is 4.75. The lowest BCUT2D eigenvalue weighted by Crippen LogP contribution is -2.39. The molecule has 2 N–H and O–H groups in total. The van der Waals surface area contributed by atoms with Gasteiger partial charge >= 0.3 is 0 Å². The number of benzene rings is 1. The van der Waals surface area contributed by atoms with Crippen LogP contribution in [0.3, 0.4) is 0 Å². The van der Waals surface area contributed by atoms with Crippen molar-refractivity contribution in [2.24, 2.45) is 5.73 Å². The summed E-state index contributed by atoms with van der Waals surface area (Å²) in [7, 11) is 0. The standard InChI is InChI=1S/C16H23N3O2/c1-5-9-20-10-16(4,17)15-18-14(21-19-15)13-11(2)7-6-8-12(13)3/h6-8H,5,9-10,17H2,1-4H3. The highest BCUT2D eigenvalue weighted by Gasteiger charge is 2.28. The minimum Gasteiger partial charge on any atom is -0.379 e. The number of aryl methyl sites for hydroxylation is 2. The van der Waals surface area contributed by atoms with Crippen molar-refractivity contribution in [1.82, 2.24) is 10.1 Å². The predicted molar refractivity (Wildman–Crippen MR) is 81.9 cm³/mol. The van der Waals surface area contributed by atoms with Crippen LogP contribution in [-0.2, 0) is 10.3 Å². The first-order chi connectivity index (χ1) is 9.95. The summed E-state index contributed by atoms with van der Waals surface area (Å²) in [4.78, 5) is 4.47. The molecule has 5 heteroatoms. The van der Waals surface area contributed by atoms with Gasteiger partial charge in [0.05, 0.1) is 6.61 Å². The van der Waals surface area contributed by atoms with Crippen molar-refractivity contribution in [1.29, 1.82) is 0 Å². The van der Waals surface area contributed by atoms with Crippen molar-refractivity contribution in [2.45, 2.75) is 39.7 Å².